The van der Waals surface area contributed by atoms with Gasteiger partial charge < -0.3 is 9.80 Å². The van der Waals surface area contributed by atoms with Gasteiger partial charge in [0.05, 0.1) is 11.7 Å². The van der Waals surface area contributed by atoms with Gasteiger partial charge in [-0.25, -0.2) is 15.0 Å². The molecule has 2 aliphatic rings. The quantitative estimate of drug-likeness (QED) is 0.635. The Labute approximate surface area is 188 Å². The van der Waals surface area contributed by atoms with E-state index in [0.717, 1.165) is 59.4 Å². The van der Waals surface area contributed by atoms with Crippen LogP contribution in [-0.2, 0) is 0 Å². The van der Waals surface area contributed by atoms with Crippen LogP contribution in [-0.4, -0.2) is 56.4 Å². The van der Waals surface area contributed by atoms with E-state index in [1.54, 1.807) is 6.20 Å². The standard InChI is InChI=1S/C25H28N6O/c1-15-6-5-10-26-22(15)20-8-7-16(2)27-23(20)24(32)30-11-9-19-13-31(21(19)14-30)25-28-17(3)12-18(4)29-25/h5-8,10,12,19,21H,9,11,13-14H2,1-4H3. The van der Waals surface area contributed by atoms with E-state index in [1.807, 2.05) is 62.9 Å². The Bertz CT molecular complexity index is 1170. The van der Waals surface area contributed by atoms with Crippen molar-refractivity contribution in [3.05, 3.63) is 64.9 Å². The first-order valence-corrected chi connectivity index (χ1v) is 11.2. The fourth-order valence-electron chi connectivity index (χ4n) is 4.87. The summed E-state index contributed by atoms with van der Waals surface area (Å²) in [6.45, 7) is 10.3. The Hall–Kier alpha value is -3.35. The third-order valence-electron chi connectivity index (χ3n) is 6.57. The van der Waals surface area contributed by atoms with Crippen molar-refractivity contribution >= 4 is 11.9 Å². The number of rotatable bonds is 3. The van der Waals surface area contributed by atoms with Crippen molar-refractivity contribution in [1.82, 2.24) is 24.8 Å². The Morgan fingerprint density at radius 2 is 1.75 bits per heavy atom. The lowest BCUT2D eigenvalue weighted by Crippen LogP contribution is -2.65. The maximum atomic E-state index is 13.7. The van der Waals surface area contributed by atoms with Crippen molar-refractivity contribution in [2.45, 2.75) is 40.2 Å². The molecule has 7 heteroatoms. The number of likely N-dealkylation sites (tertiary alicyclic amines) is 1. The van der Waals surface area contributed by atoms with Crippen LogP contribution < -0.4 is 4.90 Å². The summed E-state index contributed by atoms with van der Waals surface area (Å²) in [6.07, 6.45) is 2.75. The summed E-state index contributed by atoms with van der Waals surface area (Å²) in [5.74, 6) is 1.32. The molecule has 3 aromatic heterocycles. The number of carbonyl (C=O) groups is 1. The zero-order valence-electron chi connectivity index (χ0n) is 19.0. The van der Waals surface area contributed by atoms with E-state index in [4.69, 9.17) is 0 Å². The first-order valence-electron chi connectivity index (χ1n) is 11.2. The molecule has 5 heterocycles. The SMILES string of the molecule is Cc1cc(C)nc(N2CC3CCN(C(=O)c4nc(C)ccc4-c4ncccc4C)CC32)n1. The minimum absolute atomic E-state index is 0.0274. The Balaban J connectivity index is 1.42. The third kappa shape index (κ3) is 3.61. The molecule has 2 aliphatic heterocycles. The van der Waals surface area contributed by atoms with Gasteiger partial charge in [0.25, 0.3) is 5.91 Å². The Morgan fingerprint density at radius 3 is 2.50 bits per heavy atom. The molecule has 7 nitrogen and oxygen atoms in total. The van der Waals surface area contributed by atoms with E-state index in [-0.39, 0.29) is 11.9 Å². The fourth-order valence-corrected chi connectivity index (χ4v) is 4.87. The number of hydrogen-bond acceptors (Lipinski definition) is 6. The maximum Gasteiger partial charge on any atom is 0.273 e. The van der Waals surface area contributed by atoms with E-state index < -0.39 is 0 Å². The van der Waals surface area contributed by atoms with Crippen LogP contribution >= 0.6 is 0 Å². The third-order valence-corrected chi connectivity index (χ3v) is 6.57. The van der Waals surface area contributed by atoms with E-state index in [9.17, 15) is 4.79 Å². The monoisotopic (exact) mass is 428 g/mol. The van der Waals surface area contributed by atoms with Crippen LogP contribution in [0.15, 0.2) is 36.5 Å². The van der Waals surface area contributed by atoms with E-state index >= 15 is 0 Å². The van der Waals surface area contributed by atoms with Crippen molar-refractivity contribution < 1.29 is 4.79 Å². The molecule has 0 radical (unpaired) electrons. The van der Waals surface area contributed by atoms with Crippen molar-refractivity contribution in [3.8, 4) is 11.3 Å². The van der Waals surface area contributed by atoms with Crippen LogP contribution in [0.2, 0.25) is 0 Å². The van der Waals surface area contributed by atoms with E-state index in [0.29, 0.717) is 18.2 Å². The number of piperidine rings is 1. The summed E-state index contributed by atoms with van der Waals surface area (Å²) in [7, 11) is 0. The lowest BCUT2D eigenvalue weighted by atomic mass is 9.82. The zero-order valence-corrected chi connectivity index (χ0v) is 19.0. The van der Waals surface area contributed by atoms with Crippen molar-refractivity contribution in [3.63, 3.8) is 0 Å². The largest absolute Gasteiger partial charge is 0.335 e. The topological polar surface area (TPSA) is 75.1 Å². The molecule has 0 spiro atoms. The molecule has 3 aromatic rings. The second kappa shape index (κ2) is 7.97. The average Bonchev–Trinajstić information content (AvgIpc) is 2.74. The molecule has 2 saturated heterocycles. The second-order valence-corrected chi connectivity index (χ2v) is 8.99. The van der Waals surface area contributed by atoms with Crippen molar-refractivity contribution in [2.24, 2.45) is 5.92 Å². The van der Waals surface area contributed by atoms with Crippen molar-refractivity contribution in [2.75, 3.05) is 24.5 Å². The Kier molecular flexibility index (Phi) is 5.12. The number of anilines is 1. The van der Waals surface area contributed by atoms with Crippen LogP contribution in [0, 0.1) is 33.6 Å². The van der Waals surface area contributed by atoms with Crippen LogP contribution in [0.5, 0.6) is 0 Å². The predicted molar refractivity (Wildman–Crippen MR) is 124 cm³/mol. The summed E-state index contributed by atoms with van der Waals surface area (Å²) in [5, 5.41) is 0. The molecule has 164 valence electrons. The van der Waals surface area contributed by atoms with Gasteiger partial charge in [-0.2, -0.15) is 0 Å². The van der Waals surface area contributed by atoms with E-state index in [2.05, 4.69) is 24.8 Å². The number of fused-ring (bicyclic) bond motifs is 1. The number of nitrogens with zero attached hydrogens (tertiary/aromatic N) is 6. The highest BCUT2D eigenvalue weighted by Crippen LogP contribution is 2.36. The summed E-state index contributed by atoms with van der Waals surface area (Å²) in [5.41, 5.74) is 5.89. The molecular weight excluding hydrogens is 400 g/mol. The van der Waals surface area contributed by atoms with E-state index in [1.165, 1.54) is 0 Å². The minimum atomic E-state index is -0.0274. The highest BCUT2D eigenvalue weighted by molar-refractivity contribution is 5.99. The van der Waals surface area contributed by atoms with Gasteiger partial charge in [-0.15, -0.1) is 0 Å². The maximum absolute atomic E-state index is 13.7. The molecule has 1 amide bonds. The highest BCUT2D eigenvalue weighted by atomic mass is 16.2. The number of pyridine rings is 2. The molecule has 2 atom stereocenters. The summed E-state index contributed by atoms with van der Waals surface area (Å²) in [4.78, 5) is 36.3. The molecule has 32 heavy (non-hydrogen) atoms. The number of hydrogen-bond donors (Lipinski definition) is 0. The molecule has 0 N–H and O–H groups in total. The van der Waals surface area contributed by atoms with Crippen LogP contribution in [0.3, 0.4) is 0 Å². The predicted octanol–water partition coefficient (Wildman–Crippen LogP) is 3.52. The van der Waals surface area contributed by atoms with Gasteiger partial charge in [0.15, 0.2) is 0 Å². The Morgan fingerprint density at radius 1 is 0.969 bits per heavy atom. The summed E-state index contributed by atoms with van der Waals surface area (Å²) >= 11 is 0. The average molecular weight is 429 g/mol. The number of amides is 1. The number of aryl methyl sites for hydroxylation is 4. The highest BCUT2D eigenvalue weighted by Gasteiger charge is 2.45. The van der Waals surface area contributed by atoms with Gasteiger partial charge in [0, 0.05) is 54.4 Å². The summed E-state index contributed by atoms with van der Waals surface area (Å²) < 4.78 is 0. The zero-order chi connectivity index (χ0) is 22.4. The van der Waals surface area contributed by atoms with Crippen LogP contribution in [0.25, 0.3) is 11.3 Å². The van der Waals surface area contributed by atoms with Crippen LogP contribution in [0.1, 0.15) is 39.6 Å². The fraction of sp³-hybridized carbons (Fsp3) is 0.400. The molecule has 0 saturated carbocycles. The minimum Gasteiger partial charge on any atom is -0.335 e. The molecular formula is C25H28N6O. The first-order chi connectivity index (χ1) is 15.4. The normalized spacial score (nSPS) is 20.0. The van der Waals surface area contributed by atoms with Gasteiger partial charge in [0.2, 0.25) is 5.95 Å². The molecule has 2 fully saturated rings. The summed E-state index contributed by atoms with van der Waals surface area (Å²) in [6, 6.07) is 10.1. The lowest BCUT2D eigenvalue weighted by molar-refractivity contribution is 0.0584. The first kappa shape index (κ1) is 20.5. The smallest absolute Gasteiger partial charge is 0.273 e. The van der Waals surface area contributed by atoms with Gasteiger partial charge in [-0.05, 0) is 63.9 Å². The number of aromatic nitrogens is 4. The van der Waals surface area contributed by atoms with Gasteiger partial charge >= 0.3 is 0 Å². The molecule has 0 bridgehead atoms. The van der Waals surface area contributed by atoms with Crippen molar-refractivity contribution in [1.29, 1.82) is 0 Å². The molecule has 2 unspecified atom stereocenters. The molecule has 0 aliphatic carbocycles. The van der Waals surface area contributed by atoms with Gasteiger partial charge in [0.1, 0.15) is 5.69 Å². The number of carbonyl (C=O) groups excluding carboxylic acids is 1. The van der Waals surface area contributed by atoms with Gasteiger partial charge in [-0.1, -0.05) is 6.07 Å². The molecule has 5 rings (SSSR count). The van der Waals surface area contributed by atoms with Gasteiger partial charge in [-0.3, -0.25) is 9.78 Å². The second-order valence-electron chi connectivity index (χ2n) is 8.99. The van der Waals surface area contributed by atoms with Crippen LogP contribution in [0.4, 0.5) is 5.95 Å². The lowest BCUT2D eigenvalue weighted by Gasteiger charge is -2.53. The molecule has 0 aromatic carbocycles.